The van der Waals surface area contributed by atoms with E-state index in [0.717, 1.165) is 5.75 Å². The molecule has 0 saturated carbocycles. The van der Waals surface area contributed by atoms with Crippen LogP contribution in [0.15, 0.2) is 53.4 Å². The number of hydrogen-bond acceptors (Lipinski definition) is 6. The van der Waals surface area contributed by atoms with Gasteiger partial charge in [0.15, 0.2) is 11.1 Å². The van der Waals surface area contributed by atoms with E-state index in [1.54, 1.807) is 24.3 Å². The molecule has 138 valence electrons. The first-order chi connectivity index (χ1) is 12.1. The van der Waals surface area contributed by atoms with Crippen LogP contribution in [-0.4, -0.2) is 48.0 Å². The van der Waals surface area contributed by atoms with Crippen molar-refractivity contribution in [3.63, 3.8) is 0 Å². The van der Waals surface area contributed by atoms with Gasteiger partial charge in [-0.1, -0.05) is 17.7 Å². The summed E-state index contributed by atoms with van der Waals surface area (Å²) in [6.45, 7) is 2.69. The van der Waals surface area contributed by atoms with Crippen LogP contribution in [0.1, 0.15) is 5.56 Å². The van der Waals surface area contributed by atoms with E-state index in [2.05, 4.69) is 4.18 Å². The summed E-state index contributed by atoms with van der Waals surface area (Å²) in [5, 5.41) is 17.0. The molecule has 1 atom stereocenters. The fourth-order valence-electron chi connectivity index (χ4n) is 1.70. The molecule has 0 aromatic heterocycles. The van der Waals surface area contributed by atoms with E-state index in [4.69, 9.17) is 19.7 Å². The Morgan fingerprint density at radius 3 is 1.68 bits per heavy atom. The lowest BCUT2D eigenvalue weighted by molar-refractivity contribution is 0.201. The fourth-order valence-corrected chi connectivity index (χ4v) is 2.26. The van der Waals surface area contributed by atoms with Crippen molar-refractivity contribution in [3.8, 4) is 11.5 Å². The predicted octanol–water partition coefficient (Wildman–Crippen LogP) is 2.09. The number of aliphatic hydroxyl groups excluding tert-OH is 2. The van der Waals surface area contributed by atoms with Crippen LogP contribution in [0.4, 0.5) is 0 Å². The zero-order valence-corrected chi connectivity index (χ0v) is 15.2. The van der Waals surface area contributed by atoms with Crippen LogP contribution < -0.4 is 9.47 Å². The molecule has 25 heavy (non-hydrogen) atoms. The van der Waals surface area contributed by atoms with Crippen LogP contribution in [0, 0.1) is 6.92 Å². The molecular weight excluding hydrogens is 344 g/mol. The van der Waals surface area contributed by atoms with Gasteiger partial charge in [0.25, 0.3) is 0 Å². The summed E-state index contributed by atoms with van der Waals surface area (Å²) >= 11 is -1.41. The molecule has 1 unspecified atom stereocenters. The first kappa shape index (κ1) is 21.1. The van der Waals surface area contributed by atoms with Crippen molar-refractivity contribution in [1.29, 1.82) is 0 Å². The summed E-state index contributed by atoms with van der Waals surface area (Å²) < 4.78 is 26.1. The Balaban J connectivity index is 0.000000257. The third-order valence-corrected chi connectivity index (χ3v) is 3.87. The van der Waals surface area contributed by atoms with Gasteiger partial charge < -0.3 is 19.7 Å². The quantitative estimate of drug-likeness (QED) is 0.742. The lowest BCUT2D eigenvalue weighted by Crippen LogP contribution is -2.01. The van der Waals surface area contributed by atoms with E-state index < -0.39 is 11.1 Å². The lowest BCUT2D eigenvalue weighted by Gasteiger charge is -2.04. The average Bonchev–Trinajstić information content (AvgIpc) is 2.66. The lowest BCUT2D eigenvalue weighted by atomic mass is 10.2. The molecule has 0 saturated heterocycles. The maximum Gasteiger partial charge on any atom is 0.188 e. The van der Waals surface area contributed by atoms with E-state index >= 15 is 0 Å². The zero-order chi connectivity index (χ0) is 18.5. The Hall–Kier alpha value is -1.93. The van der Waals surface area contributed by atoms with Crippen molar-refractivity contribution in [3.05, 3.63) is 54.1 Å². The predicted molar refractivity (Wildman–Crippen MR) is 96.2 cm³/mol. The Morgan fingerprint density at radius 1 is 0.840 bits per heavy atom. The topological polar surface area (TPSA) is 85.2 Å². The van der Waals surface area contributed by atoms with Gasteiger partial charge in [-0.05, 0) is 43.3 Å². The van der Waals surface area contributed by atoms with Gasteiger partial charge in [0.1, 0.15) is 24.7 Å². The molecule has 7 heteroatoms. The normalized spacial score (nSPS) is 11.2. The van der Waals surface area contributed by atoms with Crippen LogP contribution in [0.3, 0.4) is 0 Å². The average molecular weight is 368 g/mol. The molecule has 0 amide bonds. The minimum atomic E-state index is -1.41. The van der Waals surface area contributed by atoms with Crippen molar-refractivity contribution >= 4 is 11.1 Å². The molecule has 0 aliphatic rings. The smallest absolute Gasteiger partial charge is 0.188 e. The Bertz CT molecular complexity index is 612. The maximum atomic E-state index is 11.1. The van der Waals surface area contributed by atoms with Gasteiger partial charge in [0, 0.05) is 0 Å². The van der Waals surface area contributed by atoms with Gasteiger partial charge in [0.05, 0.1) is 25.2 Å². The monoisotopic (exact) mass is 368 g/mol. The van der Waals surface area contributed by atoms with Crippen LogP contribution >= 0.6 is 0 Å². The third-order valence-electron chi connectivity index (χ3n) is 2.91. The molecule has 0 heterocycles. The Morgan fingerprint density at radius 2 is 1.28 bits per heavy atom. The Kier molecular flexibility index (Phi) is 10.5. The van der Waals surface area contributed by atoms with Crippen LogP contribution in [0.5, 0.6) is 11.5 Å². The summed E-state index contributed by atoms with van der Waals surface area (Å²) in [4.78, 5) is 0.587. The zero-order valence-electron chi connectivity index (χ0n) is 14.4. The number of aryl methyl sites for hydroxylation is 1. The van der Waals surface area contributed by atoms with Crippen LogP contribution in [0.2, 0.25) is 0 Å². The maximum absolute atomic E-state index is 11.1. The molecule has 2 N–H and O–H groups in total. The number of rotatable bonds is 8. The molecular formula is C18H24O6S. The number of ether oxygens (including phenoxy) is 2. The molecule has 0 spiro atoms. The molecule has 0 bridgehead atoms. The summed E-state index contributed by atoms with van der Waals surface area (Å²) in [7, 11) is 1.38. The SMILES string of the molecule is COS(=O)c1ccc(OCCO)cc1.Cc1ccc(OCCO)cc1. The second-order valence-electron chi connectivity index (χ2n) is 4.83. The first-order valence-electron chi connectivity index (χ1n) is 7.71. The van der Waals surface area contributed by atoms with Gasteiger partial charge in [-0.2, -0.15) is 0 Å². The van der Waals surface area contributed by atoms with E-state index in [1.807, 2.05) is 31.2 Å². The molecule has 2 aromatic carbocycles. The van der Waals surface area contributed by atoms with Gasteiger partial charge in [-0.25, -0.2) is 4.21 Å². The van der Waals surface area contributed by atoms with Gasteiger partial charge in [0.2, 0.25) is 0 Å². The molecule has 0 fully saturated rings. The summed E-state index contributed by atoms with van der Waals surface area (Å²) in [6, 6.07) is 14.4. The molecule has 6 nitrogen and oxygen atoms in total. The van der Waals surface area contributed by atoms with E-state index in [0.29, 0.717) is 17.3 Å². The standard InChI is InChI=1S/C9H12O4S.C9H12O2/c1-12-14(11)9-4-2-8(3-5-9)13-7-6-10;1-8-2-4-9(5-3-8)11-7-6-10/h2-5,10H,6-7H2,1H3;2-5,10H,6-7H2,1H3. The minimum Gasteiger partial charge on any atom is -0.491 e. The molecule has 0 aliphatic carbocycles. The van der Waals surface area contributed by atoms with Gasteiger partial charge >= 0.3 is 0 Å². The summed E-state index contributed by atoms with van der Waals surface area (Å²) in [6.07, 6.45) is 0. The second-order valence-corrected chi connectivity index (χ2v) is 6.10. The Labute approximate surface area is 150 Å². The van der Waals surface area contributed by atoms with E-state index in [-0.39, 0.29) is 19.8 Å². The summed E-state index contributed by atoms with van der Waals surface area (Å²) in [5.41, 5.74) is 1.21. The highest BCUT2D eigenvalue weighted by Crippen LogP contribution is 2.14. The van der Waals surface area contributed by atoms with Crippen LogP contribution in [0.25, 0.3) is 0 Å². The van der Waals surface area contributed by atoms with E-state index in [9.17, 15) is 4.21 Å². The van der Waals surface area contributed by atoms with Crippen molar-refractivity contribution in [1.82, 2.24) is 0 Å². The van der Waals surface area contributed by atoms with Crippen molar-refractivity contribution in [2.24, 2.45) is 0 Å². The number of hydrogen-bond donors (Lipinski definition) is 2. The molecule has 2 aromatic rings. The highest BCUT2D eigenvalue weighted by Gasteiger charge is 2.01. The highest BCUT2D eigenvalue weighted by atomic mass is 32.2. The third kappa shape index (κ3) is 8.64. The van der Waals surface area contributed by atoms with Crippen molar-refractivity contribution < 1.29 is 28.1 Å². The highest BCUT2D eigenvalue weighted by molar-refractivity contribution is 7.80. The fraction of sp³-hybridized carbons (Fsp3) is 0.333. The minimum absolute atomic E-state index is 0.0221. The largest absolute Gasteiger partial charge is 0.491 e. The van der Waals surface area contributed by atoms with Crippen molar-refractivity contribution in [2.75, 3.05) is 33.5 Å². The van der Waals surface area contributed by atoms with E-state index in [1.165, 1.54) is 12.7 Å². The first-order valence-corrected chi connectivity index (χ1v) is 8.78. The molecule has 2 rings (SSSR count). The number of aliphatic hydroxyl groups is 2. The molecule has 0 radical (unpaired) electrons. The number of benzene rings is 2. The van der Waals surface area contributed by atoms with Crippen LogP contribution in [-0.2, 0) is 15.3 Å². The van der Waals surface area contributed by atoms with Crippen molar-refractivity contribution in [2.45, 2.75) is 11.8 Å². The van der Waals surface area contributed by atoms with Gasteiger partial charge in [-0.3, -0.25) is 4.18 Å². The van der Waals surface area contributed by atoms with Gasteiger partial charge in [-0.15, -0.1) is 0 Å². The second kappa shape index (κ2) is 12.4. The molecule has 0 aliphatic heterocycles. The summed E-state index contributed by atoms with van der Waals surface area (Å²) in [5.74, 6) is 1.44.